The number of carbonyl (C=O) groups excluding carboxylic acids is 2. The minimum atomic E-state index is -0.0589. The van der Waals surface area contributed by atoms with Crippen LogP contribution in [0.4, 0.5) is 0 Å². The average molecular weight is 417 g/mol. The first-order chi connectivity index (χ1) is 14.7. The molecule has 30 heavy (non-hydrogen) atoms. The van der Waals surface area contributed by atoms with E-state index in [0.717, 1.165) is 40.3 Å². The lowest BCUT2D eigenvalue weighted by Crippen LogP contribution is -2.22. The van der Waals surface area contributed by atoms with E-state index in [1.54, 1.807) is 0 Å². The van der Waals surface area contributed by atoms with Gasteiger partial charge >= 0.3 is 0 Å². The molecule has 0 saturated heterocycles. The van der Waals surface area contributed by atoms with E-state index in [1.807, 2.05) is 47.0 Å². The Balaban J connectivity index is 1.36. The maximum Gasteiger partial charge on any atom is 0.267 e. The molecule has 0 radical (unpaired) electrons. The fraction of sp³-hybridized carbons (Fsp3) is 0.217. The molecule has 0 fully saturated rings. The molecular weight excluding hydrogens is 396 g/mol. The second kappa shape index (κ2) is 7.84. The Hall–Kier alpha value is -3.32. The van der Waals surface area contributed by atoms with E-state index < -0.39 is 0 Å². The highest BCUT2D eigenvalue weighted by atomic mass is 32.1. The largest absolute Gasteiger partial charge is 0.351 e. The minimum Gasteiger partial charge on any atom is -0.351 e. The van der Waals surface area contributed by atoms with Crippen molar-refractivity contribution in [1.29, 1.82) is 0 Å². The Morgan fingerprint density at radius 3 is 2.77 bits per heavy atom. The molecule has 1 N–H and O–H groups in total. The smallest absolute Gasteiger partial charge is 0.267 e. The lowest BCUT2D eigenvalue weighted by Gasteiger charge is -2.06. The normalized spacial score (nSPS) is 13.7. The summed E-state index contributed by atoms with van der Waals surface area (Å²) in [6.45, 7) is 1.43. The quantitative estimate of drug-likeness (QED) is 0.504. The fourth-order valence-corrected chi connectivity index (χ4v) is 4.71. The summed E-state index contributed by atoms with van der Waals surface area (Å²) in [6, 6.07) is 17.6. The van der Waals surface area contributed by atoms with Crippen LogP contribution in [0.3, 0.4) is 0 Å². The van der Waals surface area contributed by atoms with E-state index in [1.165, 1.54) is 16.9 Å². The number of hydrogen-bond donors (Lipinski definition) is 1. The number of nitrogens with one attached hydrogen (secondary N) is 1. The van der Waals surface area contributed by atoms with E-state index in [-0.39, 0.29) is 18.1 Å². The minimum absolute atomic E-state index is 0.00735. The standard InChI is InChI=1S/C23H20N4O2S/c28-20(14-22-26-25-21(30-22)11-15-5-2-1-3-6-15)17-8-7-16-12-19-23(29)24-9-4-10-27(19)18(16)13-17/h1-3,5-8,12-13H,4,9-11,14H2,(H,24,29). The van der Waals surface area contributed by atoms with Crippen LogP contribution in [0.15, 0.2) is 54.6 Å². The van der Waals surface area contributed by atoms with Crippen molar-refractivity contribution in [2.24, 2.45) is 0 Å². The highest BCUT2D eigenvalue weighted by Crippen LogP contribution is 2.24. The van der Waals surface area contributed by atoms with Crippen LogP contribution in [0.5, 0.6) is 0 Å². The number of Topliss-reactive ketones (excluding diaryl/α,β-unsaturated/α-hetero) is 1. The second-order valence-electron chi connectivity index (χ2n) is 7.42. The first-order valence-electron chi connectivity index (χ1n) is 9.97. The summed E-state index contributed by atoms with van der Waals surface area (Å²) in [6.07, 6.45) is 1.82. The van der Waals surface area contributed by atoms with Crippen LogP contribution in [0.1, 0.15) is 42.8 Å². The summed E-state index contributed by atoms with van der Waals surface area (Å²) < 4.78 is 2.01. The zero-order valence-electron chi connectivity index (χ0n) is 16.3. The van der Waals surface area contributed by atoms with Crippen LogP contribution in [-0.4, -0.2) is 33.0 Å². The Kier molecular flexibility index (Phi) is 4.88. The van der Waals surface area contributed by atoms with Gasteiger partial charge in [0.15, 0.2) is 5.78 Å². The van der Waals surface area contributed by atoms with Crippen LogP contribution in [0.25, 0.3) is 10.9 Å². The van der Waals surface area contributed by atoms with Gasteiger partial charge in [-0.25, -0.2) is 0 Å². The van der Waals surface area contributed by atoms with Gasteiger partial charge in [-0.15, -0.1) is 21.5 Å². The highest BCUT2D eigenvalue weighted by molar-refractivity contribution is 7.11. The third-order valence-corrected chi connectivity index (χ3v) is 6.24. The SMILES string of the molecule is O=C(Cc1nnc(Cc2ccccc2)s1)c1ccc2cc3n(c2c1)CCCNC3=O. The maximum atomic E-state index is 12.9. The number of rotatable bonds is 5. The first-order valence-corrected chi connectivity index (χ1v) is 10.8. The summed E-state index contributed by atoms with van der Waals surface area (Å²) in [5.41, 5.74) is 3.39. The van der Waals surface area contributed by atoms with Gasteiger partial charge in [0.25, 0.3) is 5.91 Å². The summed E-state index contributed by atoms with van der Waals surface area (Å²) in [7, 11) is 0. The molecule has 0 atom stereocenters. The molecular formula is C23H20N4O2S. The average Bonchev–Trinajstić information content (AvgIpc) is 3.30. The van der Waals surface area contributed by atoms with Crippen molar-refractivity contribution >= 4 is 33.9 Å². The number of fused-ring (bicyclic) bond motifs is 3. The number of benzene rings is 2. The van der Waals surface area contributed by atoms with Gasteiger partial charge in [0.1, 0.15) is 15.7 Å². The molecule has 0 aliphatic carbocycles. The lowest BCUT2D eigenvalue weighted by atomic mass is 10.1. The van der Waals surface area contributed by atoms with Crippen LogP contribution < -0.4 is 5.32 Å². The number of hydrogen-bond acceptors (Lipinski definition) is 5. The first kappa shape index (κ1) is 18.7. The molecule has 0 bridgehead atoms. The lowest BCUT2D eigenvalue weighted by molar-refractivity contribution is 0.0950. The number of aromatic nitrogens is 3. The zero-order chi connectivity index (χ0) is 20.5. The molecule has 2 aromatic heterocycles. The monoisotopic (exact) mass is 416 g/mol. The van der Waals surface area contributed by atoms with Gasteiger partial charge in [-0.1, -0.05) is 42.5 Å². The predicted octanol–water partition coefficient (Wildman–Crippen LogP) is 3.64. The molecule has 6 nitrogen and oxygen atoms in total. The Morgan fingerprint density at radius 1 is 1.07 bits per heavy atom. The number of amides is 1. The Labute approximate surface area is 177 Å². The van der Waals surface area contributed by atoms with Crippen molar-refractivity contribution in [3.8, 4) is 0 Å². The van der Waals surface area contributed by atoms with Crippen molar-refractivity contribution in [3.05, 3.63) is 81.4 Å². The van der Waals surface area contributed by atoms with E-state index in [2.05, 4.69) is 27.6 Å². The third kappa shape index (κ3) is 3.64. The maximum absolute atomic E-state index is 12.9. The number of nitrogens with zero attached hydrogens (tertiary/aromatic N) is 3. The number of aryl methyl sites for hydroxylation is 1. The van der Waals surface area contributed by atoms with Gasteiger partial charge in [0.05, 0.1) is 6.42 Å². The summed E-state index contributed by atoms with van der Waals surface area (Å²) in [5.74, 6) is -0.0516. The molecule has 4 aromatic rings. The second-order valence-corrected chi connectivity index (χ2v) is 8.56. The Bertz CT molecular complexity index is 1240. The molecule has 0 unspecified atom stereocenters. The molecule has 150 valence electrons. The molecule has 0 saturated carbocycles. The predicted molar refractivity (Wildman–Crippen MR) is 116 cm³/mol. The number of carbonyl (C=O) groups is 2. The van der Waals surface area contributed by atoms with Crippen molar-refractivity contribution in [2.75, 3.05) is 6.54 Å². The Morgan fingerprint density at radius 2 is 1.90 bits per heavy atom. The van der Waals surface area contributed by atoms with Gasteiger partial charge in [0.2, 0.25) is 0 Å². The van der Waals surface area contributed by atoms with Gasteiger partial charge in [-0.3, -0.25) is 9.59 Å². The van der Waals surface area contributed by atoms with Crippen LogP contribution >= 0.6 is 11.3 Å². The van der Waals surface area contributed by atoms with Crippen molar-refractivity contribution < 1.29 is 9.59 Å². The van der Waals surface area contributed by atoms with Crippen LogP contribution in [0.2, 0.25) is 0 Å². The zero-order valence-corrected chi connectivity index (χ0v) is 17.1. The fourth-order valence-electron chi connectivity index (χ4n) is 3.83. The highest BCUT2D eigenvalue weighted by Gasteiger charge is 2.19. The molecule has 1 aliphatic heterocycles. The van der Waals surface area contributed by atoms with Gasteiger partial charge in [-0.05, 0) is 24.1 Å². The topological polar surface area (TPSA) is 76.9 Å². The van der Waals surface area contributed by atoms with Crippen LogP contribution in [0, 0.1) is 0 Å². The summed E-state index contributed by atoms with van der Waals surface area (Å²) in [4.78, 5) is 25.2. The number of ketones is 1. The third-order valence-electron chi connectivity index (χ3n) is 5.32. The van der Waals surface area contributed by atoms with E-state index in [9.17, 15) is 9.59 Å². The molecule has 1 amide bonds. The molecule has 7 heteroatoms. The van der Waals surface area contributed by atoms with Gasteiger partial charge in [-0.2, -0.15) is 0 Å². The van der Waals surface area contributed by atoms with Gasteiger partial charge < -0.3 is 9.88 Å². The summed E-state index contributed by atoms with van der Waals surface area (Å²) >= 11 is 1.48. The molecule has 2 aromatic carbocycles. The van der Waals surface area contributed by atoms with E-state index in [4.69, 9.17) is 0 Å². The molecule has 3 heterocycles. The van der Waals surface area contributed by atoms with Crippen molar-refractivity contribution in [3.63, 3.8) is 0 Å². The van der Waals surface area contributed by atoms with Crippen LogP contribution in [-0.2, 0) is 19.4 Å². The molecule has 1 aliphatic rings. The van der Waals surface area contributed by atoms with Gasteiger partial charge in [0, 0.05) is 36.0 Å². The van der Waals surface area contributed by atoms with Crippen molar-refractivity contribution in [1.82, 2.24) is 20.1 Å². The molecule has 0 spiro atoms. The van der Waals surface area contributed by atoms with E-state index in [0.29, 0.717) is 17.8 Å². The van der Waals surface area contributed by atoms with Crippen molar-refractivity contribution in [2.45, 2.75) is 25.8 Å². The molecule has 5 rings (SSSR count). The summed E-state index contributed by atoms with van der Waals surface area (Å²) in [5, 5.41) is 14.0. The van der Waals surface area contributed by atoms with E-state index >= 15 is 0 Å².